The van der Waals surface area contributed by atoms with Crippen molar-refractivity contribution in [1.29, 1.82) is 0 Å². The topological polar surface area (TPSA) is 47.6 Å². The zero-order valence-electron chi connectivity index (χ0n) is 11.9. The van der Waals surface area contributed by atoms with Gasteiger partial charge in [0.25, 0.3) is 0 Å². The fraction of sp³-hybridized carbons (Fsp3) is 0.267. The molecule has 0 fully saturated rings. The van der Waals surface area contributed by atoms with Gasteiger partial charge in [0.1, 0.15) is 0 Å². The minimum absolute atomic E-state index is 0.222. The van der Waals surface area contributed by atoms with Crippen LogP contribution >= 0.6 is 27.5 Å². The summed E-state index contributed by atoms with van der Waals surface area (Å²) in [5, 5.41) is 3.10. The molecule has 0 heterocycles. The van der Waals surface area contributed by atoms with Crippen LogP contribution < -0.4 is 14.8 Å². The summed E-state index contributed by atoms with van der Waals surface area (Å²) < 4.78 is 11.4. The molecule has 114 valence electrons. The van der Waals surface area contributed by atoms with Gasteiger partial charge in [0.05, 0.1) is 18.7 Å². The van der Waals surface area contributed by atoms with Gasteiger partial charge in [0.15, 0.2) is 11.5 Å². The third kappa shape index (κ3) is 5.81. The van der Waals surface area contributed by atoms with Crippen molar-refractivity contribution in [1.82, 2.24) is 5.32 Å². The standard InChI is InChI=1S/C15H17BrClNO3/c1-4-21-13-8-11(7-12(17)15(13)20-3)5-6-14(19)18-9-10(2)16/h5-8H,2,4,9H2,1,3H3,(H,18,19)/b6-5+. The van der Waals surface area contributed by atoms with Crippen LogP contribution in [-0.2, 0) is 4.79 Å². The Morgan fingerprint density at radius 1 is 1.52 bits per heavy atom. The molecule has 6 heteroatoms. The zero-order valence-corrected chi connectivity index (χ0v) is 14.3. The molecule has 0 aromatic heterocycles. The van der Waals surface area contributed by atoms with Crippen molar-refractivity contribution in [3.05, 3.63) is 39.9 Å². The van der Waals surface area contributed by atoms with E-state index in [-0.39, 0.29) is 5.91 Å². The summed E-state index contributed by atoms with van der Waals surface area (Å²) in [6, 6.07) is 3.47. The van der Waals surface area contributed by atoms with E-state index in [0.717, 1.165) is 5.56 Å². The Morgan fingerprint density at radius 2 is 2.24 bits per heavy atom. The average molecular weight is 375 g/mol. The van der Waals surface area contributed by atoms with Gasteiger partial charge in [-0.25, -0.2) is 0 Å². The molecule has 0 atom stereocenters. The van der Waals surface area contributed by atoms with Gasteiger partial charge >= 0.3 is 0 Å². The summed E-state index contributed by atoms with van der Waals surface area (Å²) in [5.74, 6) is 0.803. The summed E-state index contributed by atoms with van der Waals surface area (Å²) in [6.07, 6.45) is 3.07. The summed E-state index contributed by atoms with van der Waals surface area (Å²) in [7, 11) is 1.53. The highest BCUT2D eigenvalue weighted by molar-refractivity contribution is 9.11. The van der Waals surface area contributed by atoms with Gasteiger partial charge in [-0.05, 0) is 30.7 Å². The van der Waals surface area contributed by atoms with E-state index in [1.54, 1.807) is 18.2 Å². The predicted octanol–water partition coefficient (Wildman–Crippen LogP) is 3.79. The number of nitrogens with one attached hydrogen (secondary N) is 1. The average Bonchev–Trinajstić information content (AvgIpc) is 2.43. The number of carbonyl (C=O) groups is 1. The van der Waals surface area contributed by atoms with Crippen LogP contribution in [0.25, 0.3) is 6.08 Å². The minimum Gasteiger partial charge on any atom is -0.491 e. The SMILES string of the molecule is C=C(Br)CNC(=O)/C=C/c1cc(Cl)c(OC)c(OCC)c1. The molecule has 0 unspecified atom stereocenters. The van der Waals surface area contributed by atoms with Crippen LogP contribution in [0.15, 0.2) is 29.3 Å². The molecule has 0 saturated carbocycles. The summed E-state index contributed by atoms with van der Waals surface area (Å²) in [6.45, 7) is 6.38. The number of carbonyl (C=O) groups excluding carboxylic acids is 1. The Morgan fingerprint density at radius 3 is 2.81 bits per heavy atom. The summed E-state index contributed by atoms with van der Waals surface area (Å²) in [5.41, 5.74) is 0.747. The lowest BCUT2D eigenvalue weighted by Gasteiger charge is -2.11. The van der Waals surface area contributed by atoms with E-state index >= 15 is 0 Å². The molecular weight excluding hydrogens is 358 g/mol. The number of ether oxygens (including phenoxy) is 2. The molecule has 0 radical (unpaired) electrons. The number of methoxy groups -OCH3 is 1. The van der Waals surface area contributed by atoms with Crippen molar-refractivity contribution in [3.63, 3.8) is 0 Å². The lowest BCUT2D eigenvalue weighted by atomic mass is 10.2. The molecule has 21 heavy (non-hydrogen) atoms. The molecule has 0 saturated heterocycles. The molecule has 0 aliphatic heterocycles. The van der Waals surface area contributed by atoms with E-state index in [2.05, 4.69) is 27.8 Å². The molecule has 1 N–H and O–H groups in total. The van der Waals surface area contributed by atoms with Gasteiger partial charge in [-0.1, -0.05) is 34.1 Å². The number of amides is 1. The highest BCUT2D eigenvalue weighted by atomic mass is 79.9. The van der Waals surface area contributed by atoms with Crippen molar-refractivity contribution < 1.29 is 14.3 Å². The fourth-order valence-corrected chi connectivity index (χ4v) is 2.00. The molecule has 1 rings (SSSR count). The summed E-state index contributed by atoms with van der Waals surface area (Å²) in [4.78, 5) is 11.6. The highest BCUT2D eigenvalue weighted by Crippen LogP contribution is 2.36. The first-order valence-electron chi connectivity index (χ1n) is 6.27. The van der Waals surface area contributed by atoms with E-state index in [9.17, 15) is 4.79 Å². The lowest BCUT2D eigenvalue weighted by Crippen LogP contribution is -2.21. The van der Waals surface area contributed by atoms with Crippen molar-refractivity contribution in [2.24, 2.45) is 0 Å². The van der Waals surface area contributed by atoms with Crippen molar-refractivity contribution >= 4 is 39.5 Å². The molecular formula is C15H17BrClNO3. The molecule has 4 nitrogen and oxygen atoms in total. The quantitative estimate of drug-likeness (QED) is 0.739. The summed E-state index contributed by atoms with van der Waals surface area (Å²) >= 11 is 9.30. The van der Waals surface area contributed by atoms with Crippen molar-refractivity contribution in [2.75, 3.05) is 20.3 Å². The molecule has 0 aliphatic rings. The normalized spacial score (nSPS) is 10.5. The van der Waals surface area contributed by atoms with E-state index in [1.165, 1.54) is 13.2 Å². The fourth-order valence-electron chi connectivity index (χ4n) is 1.56. The van der Waals surface area contributed by atoms with Gasteiger partial charge in [-0.15, -0.1) is 0 Å². The Balaban J connectivity index is 2.88. The smallest absolute Gasteiger partial charge is 0.244 e. The van der Waals surface area contributed by atoms with Gasteiger partial charge in [-0.2, -0.15) is 0 Å². The highest BCUT2D eigenvalue weighted by Gasteiger charge is 2.10. The van der Waals surface area contributed by atoms with Crippen molar-refractivity contribution in [2.45, 2.75) is 6.92 Å². The van der Waals surface area contributed by atoms with Crippen LogP contribution in [0.1, 0.15) is 12.5 Å². The van der Waals surface area contributed by atoms with Gasteiger partial charge < -0.3 is 14.8 Å². The first-order valence-corrected chi connectivity index (χ1v) is 7.44. The molecule has 1 amide bonds. The van der Waals surface area contributed by atoms with Crippen LogP contribution in [0.4, 0.5) is 0 Å². The maximum Gasteiger partial charge on any atom is 0.244 e. The van der Waals surface area contributed by atoms with Crippen LogP contribution in [-0.4, -0.2) is 26.2 Å². The Bertz CT molecular complexity index is 558. The van der Waals surface area contributed by atoms with Crippen LogP contribution in [0.5, 0.6) is 11.5 Å². The van der Waals surface area contributed by atoms with Crippen LogP contribution in [0, 0.1) is 0 Å². The van der Waals surface area contributed by atoms with Crippen LogP contribution in [0.3, 0.4) is 0 Å². The maximum atomic E-state index is 11.6. The van der Waals surface area contributed by atoms with E-state index in [4.69, 9.17) is 21.1 Å². The number of rotatable bonds is 7. The third-order valence-electron chi connectivity index (χ3n) is 2.42. The lowest BCUT2D eigenvalue weighted by molar-refractivity contribution is -0.116. The predicted molar refractivity (Wildman–Crippen MR) is 89.3 cm³/mol. The van der Waals surface area contributed by atoms with E-state index in [0.29, 0.717) is 34.2 Å². The van der Waals surface area contributed by atoms with Crippen molar-refractivity contribution in [3.8, 4) is 11.5 Å². The molecule has 1 aromatic carbocycles. The van der Waals surface area contributed by atoms with Gasteiger partial charge in [-0.3, -0.25) is 4.79 Å². The first-order chi connectivity index (χ1) is 9.97. The second-order valence-corrected chi connectivity index (χ2v) is 5.56. The second kappa shape index (κ2) is 8.74. The Labute approximate surface area is 137 Å². The largest absolute Gasteiger partial charge is 0.491 e. The second-order valence-electron chi connectivity index (χ2n) is 4.04. The van der Waals surface area contributed by atoms with Crippen LogP contribution in [0.2, 0.25) is 5.02 Å². The Kier molecular flexibility index (Phi) is 7.32. The monoisotopic (exact) mass is 373 g/mol. The molecule has 0 bridgehead atoms. The molecule has 0 spiro atoms. The van der Waals surface area contributed by atoms with Gasteiger partial charge in [0.2, 0.25) is 5.91 Å². The number of benzene rings is 1. The minimum atomic E-state index is -0.222. The maximum absolute atomic E-state index is 11.6. The first kappa shape index (κ1) is 17.6. The number of hydrogen-bond acceptors (Lipinski definition) is 3. The Hall–Kier alpha value is -1.46. The van der Waals surface area contributed by atoms with E-state index in [1.807, 2.05) is 6.92 Å². The van der Waals surface area contributed by atoms with Gasteiger partial charge in [0, 0.05) is 17.1 Å². The number of halogens is 2. The van der Waals surface area contributed by atoms with E-state index < -0.39 is 0 Å². The molecule has 1 aromatic rings. The number of hydrogen-bond donors (Lipinski definition) is 1. The third-order valence-corrected chi connectivity index (χ3v) is 2.98. The molecule has 0 aliphatic carbocycles. The zero-order chi connectivity index (χ0) is 15.8.